The first-order chi connectivity index (χ1) is 9.96. The van der Waals surface area contributed by atoms with Crippen LogP contribution in [-0.4, -0.2) is 42.9 Å². The molecular weight excluding hydrogens is 269 g/mol. The molecule has 2 rings (SSSR count). The van der Waals surface area contributed by atoms with Crippen molar-refractivity contribution in [2.24, 2.45) is 0 Å². The van der Waals surface area contributed by atoms with Crippen molar-refractivity contribution in [3.8, 4) is 11.5 Å². The molecule has 1 fully saturated rings. The van der Waals surface area contributed by atoms with Gasteiger partial charge in [-0.3, -0.25) is 9.29 Å². The second-order valence-corrected chi connectivity index (χ2v) is 6.56. The summed E-state index contributed by atoms with van der Waals surface area (Å²) in [6.45, 7) is 8.56. The van der Waals surface area contributed by atoms with Crippen molar-refractivity contribution in [2.75, 3.05) is 26.3 Å². The Balaban J connectivity index is 1.81. The van der Waals surface area contributed by atoms with Crippen molar-refractivity contribution in [3.05, 3.63) is 24.3 Å². The number of hydrogen-bond acceptors (Lipinski definition) is 3. The fourth-order valence-corrected chi connectivity index (χ4v) is 2.51. The summed E-state index contributed by atoms with van der Waals surface area (Å²) in [5.41, 5.74) is -0.190. The first kappa shape index (κ1) is 16.1. The van der Waals surface area contributed by atoms with E-state index in [1.165, 1.54) is 0 Å². The van der Waals surface area contributed by atoms with Gasteiger partial charge in [0.25, 0.3) is 0 Å². The molecule has 0 amide bonds. The van der Waals surface area contributed by atoms with Crippen molar-refractivity contribution in [2.45, 2.75) is 45.3 Å². The Morgan fingerprint density at radius 3 is 2.48 bits per heavy atom. The Kier molecular flexibility index (Phi) is 5.45. The molecule has 3 nitrogen and oxygen atoms in total. The van der Waals surface area contributed by atoms with E-state index in [0.29, 0.717) is 6.42 Å². The summed E-state index contributed by atoms with van der Waals surface area (Å²) in [5, 5.41) is 0. The molecule has 0 aliphatic carbocycles. The average molecular weight is 295 g/mol. The molecule has 0 bridgehead atoms. The van der Waals surface area contributed by atoms with Crippen LogP contribution < -0.4 is 9.47 Å². The molecule has 21 heavy (non-hydrogen) atoms. The van der Waals surface area contributed by atoms with Crippen molar-refractivity contribution in [3.63, 3.8) is 0 Å². The lowest BCUT2D eigenvalue weighted by Gasteiger charge is -2.21. The zero-order chi connectivity index (χ0) is 15.3. The molecule has 1 atom stereocenters. The Bertz CT molecular complexity index is 427. The van der Waals surface area contributed by atoms with Crippen LogP contribution in [0, 0.1) is 0 Å². The highest BCUT2D eigenvalue weighted by Gasteiger charge is 2.23. The minimum absolute atomic E-state index is 0.190. The van der Waals surface area contributed by atoms with Crippen molar-refractivity contribution in [1.82, 2.24) is 4.90 Å². The van der Waals surface area contributed by atoms with Gasteiger partial charge in [-0.25, -0.2) is 0 Å². The van der Waals surface area contributed by atoms with Crippen LogP contribution in [0.4, 0.5) is 4.39 Å². The number of benzene rings is 1. The lowest BCUT2D eigenvalue weighted by molar-refractivity contribution is 0.130. The van der Waals surface area contributed by atoms with Gasteiger partial charge in [0, 0.05) is 19.6 Å². The van der Waals surface area contributed by atoms with Gasteiger partial charge in [-0.1, -0.05) is 0 Å². The largest absolute Gasteiger partial charge is 0.489 e. The highest BCUT2D eigenvalue weighted by atomic mass is 19.1. The molecular formula is C17H26FNO2. The molecule has 0 saturated carbocycles. The normalized spacial score (nSPS) is 19.7. The maximum absolute atomic E-state index is 12.2. The van der Waals surface area contributed by atoms with Crippen LogP contribution in [0.25, 0.3) is 0 Å². The van der Waals surface area contributed by atoms with Gasteiger partial charge >= 0.3 is 0 Å². The molecule has 0 aromatic heterocycles. The molecule has 0 unspecified atom stereocenters. The van der Waals surface area contributed by atoms with Gasteiger partial charge in [-0.05, 0) is 57.9 Å². The number of rotatable bonds is 6. The fourth-order valence-electron chi connectivity index (χ4n) is 2.51. The van der Waals surface area contributed by atoms with E-state index in [1.807, 2.05) is 45.0 Å². The van der Waals surface area contributed by atoms with Crippen molar-refractivity contribution >= 4 is 0 Å². The molecule has 1 aliphatic heterocycles. The molecule has 1 aromatic rings. The number of alkyl halides is 1. The highest BCUT2D eigenvalue weighted by Crippen LogP contribution is 2.24. The van der Waals surface area contributed by atoms with Gasteiger partial charge in [-0.15, -0.1) is 0 Å². The molecule has 1 heterocycles. The van der Waals surface area contributed by atoms with E-state index in [4.69, 9.17) is 9.47 Å². The maximum atomic E-state index is 12.2. The van der Waals surface area contributed by atoms with Gasteiger partial charge in [0.15, 0.2) is 0 Å². The highest BCUT2D eigenvalue weighted by molar-refractivity contribution is 5.31. The standard InChI is InChI=1S/C17H26FNO2/c1-17(2,3)21-15-7-5-14(6-8-15)20-16-9-12-19(13-16)11-4-10-18/h5-8,16H,4,9-13H2,1-3H3/t16-/m1/s1. The van der Waals surface area contributed by atoms with E-state index < -0.39 is 0 Å². The number of nitrogens with zero attached hydrogens (tertiary/aromatic N) is 1. The van der Waals surface area contributed by atoms with Gasteiger partial charge in [0.05, 0.1) is 6.67 Å². The minimum atomic E-state index is -0.239. The van der Waals surface area contributed by atoms with Crippen molar-refractivity contribution in [1.29, 1.82) is 0 Å². The monoisotopic (exact) mass is 295 g/mol. The summed E-state index contributed by atoms with van der Waals surface area (Å²) in [6.07, 6.45) is 1.83. The third-order valence-electron chi connectivity index (χ3n) is 3.39. The maximum Gasteiger partial charge on any atom is 0.120 e. The number of ether oxygens (including phenoxy) is 2. The second kappa shape index (κ2) is 7.12. The van der Waals surface area contributed by atoms with Crippen molar-refractivity contribution < 1.29 is 13.9 Å². The zero-order valence-corrected chi connectivity index (χ0v) is 13.3. The van der Waals surface area contributed by atoms with Crippen LogP contribution in [0.3, 0.4) is 0 Å². The van der Waals surface area contributed by atoms with Crippen LogP contribution in [0.15, 0.2) is 24.3 Å². The average Bonchev–Trinajstić information content (AvgIpc) is 2.85. The number of hydrogen-bond donors (Lipinski definition) is 0. The summed E-state index contributed by atoms with van der Waals surface area (Å²) >= 11 is 0. The molecule has 0 N–H and O–H groups in total. The molecule has 1 aromatic carbocycles. The molecule has 118 valence electrons. The lowest BCUT2D eigenvalue weighted by Crippen LogP contribution is -2.26. The zero-order valence-electron chi connectivity index (χ0n) is 13.3. The van der Waals surface area contributed by atoms with Gasteiger partial charge < -0.3 is 9.47 Å². The Morgan fingerprint density at radius 2 is 1.86 bits per heavy atom. The van der Waals surface area contributed by atoms with Crippen LogP contribution >= 0.6 is 0 Å². The molecule has 0 spiro atoms. The lowest BCUT2D eigenvalue weighted by atomic mass is 10.2. The summed E-state index contributed by atoms with van der Waals surface area (Å²) in [4.78, 5) is 2.27. The van der Waals surface area contributed by atoms with E-state index in [0.717, 1.165) is 37.6 Å². The van der Waals surface area contributed by atoms with E-state index in [1.54, 1.807) is 0 Å². The van der Waals surface area contributed by atoms with E-state index in [-0.39, 0.29) is 18.4 Å². The van der Waals surface area contributed by atoms with E-state index in [9.17, 15) is 4.39 Å². The Morgan fingerprint density at radius 1 is 1.19 bits per heavy atom. The molecule has 1 aliphatic rings. The summed E-state index contributed by atoms with van der Waals surface area (Å²) in [6, 6.07) is 7.78. The smallest absolute Gasteiger partial charge is 0.120 e. The summed E-state index contributed by atoms with van der Waals surface area (Å²) < 4.78 is 23.9. The van der Waals surface area contributed by atoms with Crippen LogP contribution in [0.5, 0.6) is 11.5 Å². The molecule has 4 heteroatoms. The second-order valence-electron chi connectivity index (χ2n) is 6.56. The predicted molar refractivity (Wildman–Crippen MR) is 82.9 cm³/mol. The Labute approximate surface area is 127 Å². The third-order valence-corrected chi connectivity index (χ3v) is 3.39. The first-order valence-electron chi connectivity index (χ1n) is 7.70. The predicted octanol–water partition coefficient (Wildman–Crippen LogP) is 3.68. The van der Waals surface area contributed by atoms with Gasteiger partial charge in [0.2, 0.25) is 0 Å². The van der Waals surface area contributed by atoms with Crippen LogP contribution in [-0.2, 0) is 0 Å². The Hall–Kier alpha value is -1.29. The molecule has 1 saturated heterocycles. The SMILES string of the molecule is CC(C)(C)Oc1ccc(O[C@@H]2CCN(CCCF)C2)cc1. The molecule has 0 radical (unpaired) electrons. The third kappa shape index (κ3) is 5.54. The summed E-state index contributed by atoms with van der Waals surface area (Å²) in [7, 11) is 0. The fraction of sp³-hybridized carbons (Fsp3) is 0.647. The topological polar surface area (TPSA) is 21.7 Å². The number of halogens is 1. The quantitative estimate of drug-likeness (QED) is 0.799. The van der Waals surface area contributed by atoms with Gasteiger partial charge in [-0.2, -0.15) is 0 Å². The summed E-state index contributed by atoms with van der Waals surface area (Å²) in [5.74, 6) is 1.72. The van der Waals surface area contributed by atoms with E-state index >= 15 is 0 Å². The van der Waals surface area contributed by atoms with Crippen LogP contribution in [0.1, 0.15) is 33.6 Å². The van der Waals surface area contributed by atoms with Crippen LogP contribution in [0.2, 0.25) is 0 Å². The van der Waals surface area contributed by atoms with Gasteiger partial charge in [0.1, 0.15) is 23.2 Å². The minimum Gasteiger partial charge on any atom is -0.489 e. The number of likely N-dealkylation sites (tertiary alicyclic amines) is 1. The first-order valence-corrected chi connectivity index (χ1v) is 7.70. The van der Waals surface area contributed by atoms with E-state index in [2.05, 4.69) is 4.90 Å².